The van der Waals surface area contributed by atoms with Crippen molar-refractivity contribution in [2.45, 2.75) is 51.5 Å². The zero-order valence-electron chi connectivity index (χ0n) is 10.8. The third-order valence-corrected chi connectivity index (χ3v) is 4.60. The predicted molar refractivity (Wildman–Crippen MR) is 75.5 cm³/mol. The van der Waals surface area contributed by atoms with Crippen LogP contribution in [0.5, 0.6) is 0 Å². The van der Waals surface area contributed by atoms with Crippen molar-refractivity contribution in [2.75, 3.05) is 11.1 Å². The summed E-state index contributed by atoms with van der Waals surface area (Å²) in [5.41, 5.74) is 6.19. The summed E-state index contributed by atoms with van der Waals surface area (Å²) in [6, 6.07) is 2.58. The van der Waals surface area contributed by atoms with E-state index in [9.17, 15) is 0 Å². The number of hydrogen-bond donors (Lipinski definition) is 2. The Morgan fingerprint density at radius 1 is 1.50 bits per heavy atom. The highest BCUT2D eigenvalue weighted by molar-refractivity contribution is 7.10. The molecule has 1 unspecified atom stereocenters. The number of rotatable bonds is 4. The Labute approximate surface area is 112 Å². The van der Waals surface area contributed by atoms with Gasteiger partial charge in [-0.3, -0.25) is 0 Å². The first-order valence-electron chi connectivity index (χ1n) is 6.68. The molecule has 0 bridgehead atoms. The molecule has 1 fully saturated rings. The lowest BCUT2D eigenvalue weighted by Crippen LogP contribution is -2.30. The summed E-state index contributed by atoms with van der Waals surface area (Å²) < 4.78 is 4.05. The Balaban J connectivity index is 2.07. The number of anilines is 2. The molecule has 18 heavy (non-hydrogen) atoms. The molecule has 1 aromatic rings. The second-order valence-corrected chi connectivity index (χ2v) is 5.71. The van der Waals surface area contributed by atoms with E-state index >= 15 is 0 Å². The van der Waals surface area contributed by atoms with Crippen molar-refractivity contribution < 1.29 is 0 Å². The van der Waals surface area contributed by atoms with Gasteiger partial charge in [-0.2, -0.15) is 9.64 Å². The molecule has 1 aromatic heterocycles. The van der Waals surface area contributed by atoms with Gasteiger partial charge in [-0.25, -0.2) is 0 Å². The molecule has 1 saturated carbocycles. The lowest BCUT2D eigenvalue weighted by atomic mass is 9.83. The number of nitrogens with one attached hydrogen (secondary N) is 1. The standard InChI is InChI=1S/C13H20N4S/c1-2-11(9-6-4-3-5-7-9)16-13-10(8-14)12(15)17-18-13/h9,11,16H,2-7H2,1H3,(H2,15,17). The van der Waals surface area contributed by atoms with Gasteiger partial charge < -0.3 is 11.1 Å². The van der Waals surface area contributed by atoms with Crippen molar-refractivity contribution >= 4 is 22.4 Å². The number of hydrogen-bond acceptors (Lipinski definition) is 5. The van der Waals surface area contributed by atoms with Crippen LogP contribution in [0.25, 0.3) is 0 Å². The first-order valence-corrected chi connectivity index (χ1v) is 7.45. The van der Waals surface area contributed by atoms with Gasteiger partial charge in [0.1, 0.15) is 16.6 Å². The molecule has 0 amide bonds. The maximum Gasteiger partial charge on any atom is 0.157 e. The minimum absolute atomic E-state index is 0.350. The summed E-state index contributed by atoms with van der Waals surface area (Å²) in [7, 11) is 0. The molecule has 4 nitrogen and oxygen atoms in total. The molecule has 5 heteroatoms. The van der Waals surface area contributed by atoms with Crippen molar-refractivity contribution in [1.29, 1.82) is 5.26 Å². The van der Waals surface area contributed by atoms with E-state index in [1.165, 1.54) is 43.6 Å². The molecule has 1 aliphatic carbocycles. The lowest BCUT2D eigenvalue weighted by Gasteiger charge is -2.30. The SMILES string of the molecule is CCC(Nc1snc(N)c1C#N)C1CCCCC1. The lowest BCUT2D eigenvalue weighted by molar-refractivity contribution is 0.313. The minimum Gasteiger partial charge on any atom is -0.382 e. The second kappa shape index (κ2) is 6.05. The molecular formula is C13H20N4S. The second-order valence-electron chi connectivity index (χ2n) is 4.94. The highest BCUT2D eigenvalue weighted by Gasteiger charge is 2.24. The fourth-order valence-corrected chi connectivity index (χ4v) is 3.49. The van der Waals surface area contributed by atoms with Crippen molar-refractivity contribution in [3.63, 3.8) is 0 Å². The van der Waals surface area contributed by atoms with E-state index in [-0.39, 0.29) is 0 Å². The molecule has 1 aliphatic rings. The number of nitriles is 1. The van der Waals surface area contributed by atoms with Gasteiger partial charge in [0.2, 0.25) is 0 Å². The fourth-order valence-electron chi connectivity index (χ4n) is 2.77. The van der Waals surface area contributed by atoms with Crippen LogP contribution >= 0.6 is 11.5 Å². The molecule has 0 radical (unpaired) electrons. The molecular weight excluding hydrogens is 244 g/mol. The minimum atomic E-state index is 0.350. The Morgan fingerprint density at radius 3 is 2.83 bits per heavy atom. The van der Waals surface area contributed by atoms with E-state index in [1.807, 2.05) is 0 Å². The summed E-state index contributed by atoms with van der Waals surface area (Å²) >= 11 is 1.30. The van der Waals surface area contributed by atoms with Crippen LogP contribution in [-0.2, 0) is 0 Å². The van der Waals surface area contributed by atoms with Crippen molar-refractivity contribution in [3.8, 4) is 6.07 Å². The van der Waals surface area contributed by atoms with Crippen LogP contribution in [0.1, 0.15) is 51.0 Å². The van der Waals surface area contributed by atoms with Gasteiger partial charge in [-0.05, 0) is 36.7 Å². The van der Waals surface area contributed by atoms with Crippen molar-refractivity contribution in [2.24, 2.45) is 5.92 Å². The smallest absolute Gasteiger partial charge is 0.157 e. The Kier molecular flexibility index (Phi) is 4.43. The molecule has 0 saturated heterocycles. The highest BCUT2D eigenvalue weighted by Crippen LogP contribution is 2.32. The molecule has 1 heterocycles. The topological polar surface area (TPSA) is 74.7 Å². The fraction of sp³-hybridized carbons (Fsp3) is 0.692. The van der Waals surface area contributed by atoms with E-state index in [2.05, 4.69) is 22.7 Å². The molecule has 0 aliphatic heterocycles. The van der Waals surface area contributed by atoms with Gasteiger partial charge in [0.25, 0.3) is 0 Å². The number of nitrogens with two attached hydrogens (primary N) is 1. The summed E-state index contributed by atoms with van der Waals surface area (Å²) in [5.74, 6) is 1.07. The maximum absolute atomic E-state index is 9.08. The van der Waals surface area contributed by atoms with Crippen molar-refractivity contribution in [1.82, 2.24) is 4.37 Å². The van der Waals surface area contributed by atoms with Crippen LogP contribution in [-0.4, -0.2) is 10.4 Å². The quantitative estimate of drug-likeness (QED) is 0.874. The summed E-state index contributed by atoms with van der Waals surface area (Å²) in [4.78, 5) is 0. The van der Waals surface area contributed by atoms with E-state index in [0.717, 1.165) is 17.3 Å². The van der Waals surface area contributed by atoms with Gasteiger partial charge in [0.15, 0.2) is 5.82 Å². The largest absolute Gasteiger partial charge is 0.382 e. The van der Waals surface area contributed by atoms with Gasteiger partial charge in [-0.1, -0.05) is 26.2 Å². The summed E-state index contributed by atoms with van der Waals surface area (Å²) in [6.45, 7) is 2.20. The highest BCUT2D eigenvalue weighted by atomic mass is 32.1. The molecule has 98 valence electrons. The van der Waals surface area contributed by atoms with E-state index in [1.54, 1.807) is 0 Å². The Morgan fingerprint density at radius 2 is 2.22 bits per heavy atom. The predicted octanol–water partition coefficient (Wildman–Crippen LogP) is 3.37. The Hall–Kier alpha value is -1.28. The van der Waals surface area contributed by atoms with Crippen molar-refractivity contribution in [3.05, 3.63) is 5.56 Å². The van der Waals surface area contributed by atoms with E-state index in [4.69, 9.17) is 11.0 Å². The number of nitrogens with zero attached hydrogens (tertiary/aromatic N) is 2. The van der Waals surface area contributed by atoms with Crippen LogP contribution in [0, 0.1) is 17.2 Å². The van der Waals surface area contributed by atoms with Crippen LogP contribution < -0.4 is 11.1 Å². The molecule has 1 atom stereocenters. The average Bonchev–Trinajstić information content (AvgIpc) is 2.77. The zero-order chi connectivity index (χ0) is 13.0. The molecule has 3 N–H and O–H groups in total. The zero-order valence-corrected chi connectivity index (χ0v) is 11.6. The van der Waals surface area contributed by atoms with Gasteiger partial charge >= 0.3 is 0 Å². The third-order valence-electron chi connectivity index (χ3n) is 3.81. The van der Waals surface area contributed by atoms with Crippen LogP contribution in [0.3, 0.4) is 0 Å². The normalized spacial score (nSPS) is 18.2. The monoisotopic (exact) mass is 264 g/mol. The number of nitrogen functional groups attached to an aromatic ring is 1. The summed E-state index contributed by atoms with van der Waals surface area (Å²) in [6.07, 6.45) is 7.69. The Bertz CT molecular complexity index is 429. The van der Waals surface area contributed by atoms with Gasteiger partial charge in [0.05, 0.1) is 0 Å². The maximum atomic E-state index is 9.08. The van der Waals surface area contributed by atoms with Gasteiger partial charge in [0, 0.05) is 6.04 Å². The van der Waals surface area contributed by atoms with Crippen LogP contribution in [0.15, 0.2) is 0 Å². The first-order chi connectivity index (χ1) is 8.76. The van der Waals surface area contributed by atoms with Crippen LogP contribution in [0.4, 0.5) is 10.8 Å². The first kappa shape index (κ1) is 13.2. The average molecular weight is 264 g/mol. The van der Waals surface area contributed by atoms with E-state index in [0.29, 0.717) is 17.4 Å². The van der Waals surface area contributed by atoms with E-state index < -0.39 is 0 Å². The molecule has 0 spiro atoms. The number of aromatic nitrogens is 1. The third kappa shape index (κ3) is 2.75. The van der Waals surface area contributed by atoms with Gasteiger partial charge in [-0.15, -0.1) is 0 Å². The molecule has 2 rings (SSSR count). The summed E-state index contributed by atoms with van der Waals surface area (Å²) in [5, 5.41) is 13.4. The van der Waals surface area contributed by atoms with Crippen LogP contribution in [0.2, 0.25) is 0 Å². The molecule has 0 aromatic carbocycles.